The van der Waals surface area contributed by atoms with Gasteiger partial charge in [0, 0.05) is 13.1 Å². The molecule has 3 aromatic rings. The van der Waals surface area contributed by atoms with Crippen LogP contribution in [0, 0.1) is 5.82 Å². The Balaban J connectivity index is 1.77. The second-order valence-electron chi connectivity index (χ2n) is 4.70. The molecule has 122 valence electrons. The molecule has 0 spiro atoms. The third-order valence-corrected chi connectivity index (χ3v) is 6.36. The van der Waals surface area contributed by atoms with Crippen molar-refractivity contribution in [1.29, 1.82) is 0 Å². The van der Waals surface area contributed by atoms with Gasteiger partial charge in [0.25, 0.3) is 0 Å². The summed E-state index contributed by atoms with van der Waals surface area (Å²) in [5.41, 5.74) is 0.446. The van der Waals surface area contributed by atoms with Gasteiger partial charge in [-0.3, -0.25) is 4.57 Å². The summed E-state index contributed by atoms with van der Waals surface area (Å²) in [6.07, 6.45) is 0. The van der Waals surface area contributed by atoms with Crippen molar-refractivity contribution in [3.05, 3.63) is 51.0 Å². The van der Waals surface area contributed by atoms with Crippen LogP contribution >= 0.6 is 22.9 Å². The molecule has 0 saturated heterocycles. The van der Waals surface area contributed by atoms with Gasteiger partial charge in [0.05, 0.1) is 15.4 Å². The van der Waals surface area contributed by atoms with Crippen LogP contribution in [0.5, 0.6) is 0 Å². The summed E-state index contributed by atoms with van der Waals surface area (Å²) in [6.45, 7) is 0.130. The van der Waals surface area contributed by atoms with Crippen LogP contribution in [0.15, 0.2) is 39.3 Å². The molecule has 3 rings (SSSR count). The maximum atomic E-state index is 13.1. The first-order chi connectivity index (χ1) is 10.9. The Kier molecular flexibility index (Phi) is 4.28. The molecule has 10 heteroatoms. The van der Waals surface area contributed by atoms with E-state index in [4.69, 9.17) is 11.6 Å². The fourth-order valence-electron chi connectivity index (χ4n) is 2.16. The predicted molar refractivity (Wildman–Crippen MR) is 87.0 cm³/mol. The number of nitrogens with zero attached hydrogens (tertiary/aromatic N) is 1. The van der Waals surface area contributed by atoms with E-state index in [0.717, 1.165) is 11.3 Å². The summed E-state index contributed by atoms with van der Waals surface area (Å²) in [5.74, 6) is -0.457. The summed E-state index contributed by atoms with van der Waals surface area (Å²) >= 11 is 6.68. The Labute approximate surface area is 139 Å². The highest BCUT2D eigenvalue weighted by atomic mass is 35.5. The highest BCUT2D eigenvalue weighted by molar-refractivity contribution is 7.91. The standard InChI is InChI=1S/C13H11ClFN3O3S2/c14-11-3-4-12(22-11)23(20,21)16-5-6-18-10-2-1-8(15)7-9(10)17-13(18)19/h1-4,7,16H,5-6H2,(H,17,19). The van der Waals surface area contributed by atoms with Crippen LogP contribution < -0.4 is 10.4 Å². The number of halogens is 2. The van der Waals surface area contributed by atoms with E-state index in [9.17, 15) is 17.6 Å². The van der Waals surface area contributed by atoms with E-state index < -0.39 is 21.5 Å². The van der Waals surface area contributed by atoms with Crippen LogP contribution in [-0.4, -0.2) is 24.5 Å². The second kappa shape index (κ2) is 6.08. The van der Waals surface area contributed by atoms with Gasteiger partial charge in [-0.1, -0.05) is 11.6 Å². The number of thiophene rings is 1. The van der Waals surface area contributed by atoms with Crippen LogP contribution in [-0.2, 0) is 16.6 Å². The lowest BCUT2D eigenvalue weighted by atomic mass is 10.3. The van der Waals surface area contributed by atoms with Crippen molar-refractivity contribution in [2.24, 2.45) is 0 Å². The monoisotopic (exact) mass is 375 g/mol. The molecular weight excluding hydrogens is 365 g/mol. The van der Waals surface area contributed by atoms with Gasteiger partial charge in [-0.05, 0) is 30.3 Å². The normalized spacial score (nSPS) is 12.1. The largest absolute Gasteiger partial charge is 0.326 e. The van der Waals surface area contributed by atoms with Gasteiger partial charge in [0.15, 0.2) is 0 Å². The van der Waals surface area contributed by atoms with Crippen LogP contribution in [0.2, 0.25) is 4.34 Å². The van der Waals surface area contributed by atoms with Crippen molar-refractivity contribution < 1.29 is 12.8 Å². The minimum absolute atomic E-state index is 0.0160. The van der Waals surface area contributed by atoms with Crippen LogP contribution in [0.4, 0.5) is 4.39 Å². The predicted octanol–water partition coefficient (Wildman–Crippen LogP) is 2.16. The summed E-state index contributed by atoms with van der Waals surface area (Å²) in [5, 5.41) is 0. The van der Waals surface area contributed by atoms with Gasteiger partial charge in [-0.25, -0.2) is 22.3 Å². The highest BCUT2D eigenvalue weighted by Gasteiger charge is 2.16. The van der Waals surface area contributed by atoms with Crippen molar-refractivity contribution in [2.45, 2.75) is 10.8 Å². The van der Waals surface area contributed by atoms with Crippen LogP contribution in [0.25, 0.3) is 11.0 Å². The van der Waals surface area contributed by atoms with Gasteiger partial charge >= 0.3 is 5.69 Å². The third-order valence-electron chi connectivity index (χ3n) is 3.18. The highest BCUT2D eigenvalue weighted by Crippen LogP contribution is 2.25. The molecule has 0 fully saturated rings. The number of imidazole rings is 1. The average Bonchev–Trinajstić information content (AvgIpc) is 3.03. The molecule has 1 aromatic carbocycles. The molecule has 0 unspecified atom stereocenters. The molecule has 0 aliphatic heterocycles. The van der Waals surface area contributed by atoms with E-state index >= 15 is 0 Å². The minimum Gasteiger partial charge on any atom is -0.305 e. The number of rotatable bonds is 5. The molecule has 0 atom stereocenters. The van der Waals surface area contributed by atoms with E-state index in [-0.39, 0.29) is 17.3 Å². The second-order valence-corrected chi connectivity index (χ2v) is 8.41. The molecule has 2 N–H and O–H groups in total. The van der Waals surface area contributed by atoms with Crippen molar-refractivity contribution in [3.8, 4) is 0 Å². The van der Waals surface area contributed by atoms with E-state index in [0.29, 0.717) is 15.4 Å². The molecule has 23 heavy (non-hydrogen) atoms. The fraction of sp³-hybridized carbons (Fsp3) is 0.154. The number of fused-ring (bicyclic) bond motifs is 1. The van der Waals surface area contributed by atoms with E-state index in [1.165, 1.54) is 34.9 Å². The summed E-state index contributed by atoms with van der Waals surface area (Å²) in [4.78, 5) is 14.4. The Bertz CT molecular complexity index is 1020. The molecule has 0 radical (unpaired) electrons. The Morgan fingerprint density at radius 2 is 2.09 bits per heavy atom. The zero-order valence-electron chi connectivity index (χ0n) is 11.5. The molecule has 0 aliphatic rings. The van der Waals surface area contributed by atoms with Crippen molar-refractivity contribution in [1.82, 2.24) is 14.3 Å². The molecule has 0 bridgehead atoms. The minimum atomic E-state index is -3.67. The van der Waals surface area contributed by atoms with Crippen molar-refractivity contribution in [3.63, 3.8) is 0 Å². The quantitative estimate of drug-likeness (QED) is 0.716. The van der Waals surface area contributed by atoms with Gasteiger partial charge in [-0.2, -0.15) is 0 Å². The van der Waals surface area contributed by atoms with Crippen molar-refractivity contribution >= 4 is 44.0 Å². The maximum Gasteiger partial charge on any atom is 0.326 e. The first-order valence-corrected chi connectivity index (χ1v) is 9.18. The first kappa shape index (κ1) is 16.2. The number of nitrogens with one attached hydrogen (secondary N) is 2. The molecule has 6 nitrogen and oxygen atoms in total. The Hall–Kier alpha value is -1.68. The summed E-state index contributed by atoms with van der Waals surface area (Å²) in [6, 6.07) is 6.83. The number of hydrogen-bond donors (Lipinski definition) is 2. The Morgan fingerprint density at radius 1 is 1.30 bits per heavy atom. The lowest BCUT2D eigenvalue weighted by Gasteiger charge is -2.06. The van der Waals surface area contributed by atoms with Crippen molar-refractivity contribution in [2.75, 3.05) is 6.54 Å². The zero-order valence-corrected chi connectivity index (χ0v) is 13.9. The number of H-pyrrole nitrogens is 1. The maximum absolute atomic E-state index is 13.1. The smallest absolute Gasteiger partial charge is 0.305 e. The van der Waals surface area contributed by atoms with E-state index in [1.54, 1.807) is 0 Å². The van der Waals surface area contributed by atoms with Gasteiger partial charge < -0.3 is 4.98 Å². The number of aromatic amines is 1. The molecule has 0 amide bonds. The summed E-state index contributed by atoms with van der Waals surface area (Å²) in [7, 11) is -3.67. The molecule has 0 aliphatic carbocycles. The van der Waals surface area contributed by atoms with Gasteiger partial charge in [0.1, 0.15) is 10.0 Å². The van der Waals surface area contributed by atoms with Crippen LogP contribution in [0.1, 0.15) is 0 Å². The molecule has 0 saturated carbocycles. The molecule has 2 heterocycles. The number of aromatic nitrogens is 2. The third kappa shape index (κ3) is 3.32. The topological polar surface area (TPSA) is 84.0 Å². The molecule has 2 aromatic heterocycles. The van der Waals surface area contributed by atoms with Gasteiger partial charge in [0.2, 0.25) is 10.0 Å². The zero-order chi connectivity index (χ0) is 16.6. The number of sulfonamides is 1. The Morgan fingerprint density at radius 3 is 2.78 bits per heavy atom. The number of benzene rings is 1. The van der Waals surface area contributed by atoms with Gasteiger partial charge in [-0.15, -0.1) is 11.3 Å². The lowest BCUT2D eigenvalue weighted by Crippen LogP contribution is -2.29. The van der Waals surface area contributed by atoms with Crippen LogP contribution in [0.3, 0.4) is 0 Å². The molecular formula is C13H11ClFN3O3S2. The fourth-order valence-corrected chi connectivity index (χ4v) is 4.71. The summed E-state index contributed by atoms with van der Waals surface area (Å²) < 4.78 is 41.5. The first-order valence-electron chi connectivity index (χ1n) is 6.50. The number of hydrogen-bond acceptors (Lipinski definition) is 4. The average molecular weight is 376 g/mol. The SMILES string of the molecule is O=c1[nH]c2cc(F)ccc2n1CCNS(=O)(=O)c1ccc(Cl)s1. The van der Waals surface area contributed by atoms with E-state index in [1.807, 2.05) is 0 Å². The lowest BCUT2D eigenvalue weighted by molar-refractivity contribution is 0.574. The van der Waals surface area contributed by atoms with E-state index in [2.05, 4.69) is 9.71 Å².